The van der Waals surface area contributed by atoms with Crippen molar-refractivity contribution in [1.82, 2.24) is 5.32 Å². The zero-order valence-corrected chi connectivity index (χ0v) is 12.2. The fourth-order valence-corrected chi connectivity index (χ4v) is 1.38. The molecule has 22 heavy (non-hydrogen) atoms. The summed E-state index contributed by atoms with van der Waals surface area (Å²) in [6.07, 6.45) is 4.99. The molecule has 6 nitrogen and oxygen atoms in total. The second-order valence-electron chi connectivity index (χ2n) is 4.00. The Hall–Kier alpha value is -2.89. The zero-order chi connectivity index (χ0) is 16.2. The minimum Gasteiger partial charge on any atom is -0.465 e. The quantitative estimate of drug-likeness (QED) is 0.376. The van der Waals surface area contributed by atoms with Gasteiger partial charge in [0.15, 0.2) is 0 Å². The second-order valence-corrected chi connectivity index (χ2v) is 4.00. The lowest BCUT2D eigenvalue weighted by atomic mass is 10.2. The Morgan fingerprint density at radius 2 is 1.86 bits per heavy atom. The van der Waals surface area contributed by atoms with Gasteiger partial charge in [-0.25, -0.2) is 9.59 Å². The number of hydrogen-bond acceptors (Lipinski definition) is 5. The molecule has 0 heterocycles. The number of ether oxygens (including phenoxy) is 2. The van der Waals surface area contributed by atoms with Crippen LogP contribution in [0.25, 0.3) is 6.08 Å². The smallest absolute Gasteiger partial charge is 0.415 e. The van der Waals surface area contributed by atoms with Crippen molar-refractivity contribution in [3.05, 3.63) is 54.1 Å². The van der Waals surface area contributed by atoms with E-state index in [9.17, 15) is 14.4 Å². The van der Waals surface area contributed by atoms with Gasteiger partial charge in [0.25, 0.3) is 0 Å². The second kappa shape index (κ2) is 9.93. The molecule has 116 valence electrons. The van der Waals surface area contributed by atoms with E-state index >= 15 is 0 Å². The zero-order valence-electron chi connectivity index (χ0n) is 12.2. The van der Waals surface area contributed by atoms with Gasteiger partial charge in [-0.15, -0.1) is 0 Å². The van der Waals surface area contributed by atoms with Crippen LogP contribution in [-0.4, -0.2) is 31.2 Å². The van der Waals surface area contributed by atoms with E-state index < -0.39 is 18.0 Å². The maximum atomic E-state index is 11.3. The summed E-state index contributed by atoms with van der Waals surface area (Å²) in [5, 5.41) is 2.11. The lowest BCUT2D eigenvalue weighted by Crippen LogP contribution is -2.32. The van der Waals surface area contributed by atoms with Gasteiger partial charge in [0.05, 0.1) is 6.61 Å². The molecule has 0 unspecified atom stereocenters. The molecule has 0 fully saturated rings. The molecule has 0 saturated heterocycles. The fourth-order valence-electron chi connectivity index (χ4n) is 1.38. The number of rotatable bonds is 6. The van der Waals surface area contributed by atoms with Crippen LogP contribution in [-0.2, 0) is 19.1 Å². The summed E-state index contributed by atoms with van der Waals surface area (Å²) in [5.41, 5.74) is 0.979. The van der Waals surface area contributed by atoms with E-state index in [0.29, 0.717) is 0 Å². The molecule has 0 aliphatic carbocycles. The summed E-state index contributed by atoms with van der Waals surface area (Å²) in [4.78, 5) is 33.5. The van der Waals surface area contributed by atoms with E-state index in [2.05, 4.69) is 14.8 Å². The Morgan fingerprint density at radius 3 is 2.55 bits per heavy atom. The molecule has 1 aromatic rings. The van der Waals surface area contributed by atoms with Crippen LogP contribution in [0.5, 0.6) is 0 Å². The normalized spacial score (nSPS) is 10.6. The molecule has 1 rings (SSSR count). The van der Waals surface area contributed by atoms with Crippen molar-refractivity contribution < 1.29 is 23.9 Å². The average molecular weight is 303 g/mol. The van der Waals surface area contributed by atoms with Gasteiger partial charge in [-0.2, -0.15) is 0 Å². The van der Waals surface area contributed by atoms with Gasteiger partial charge < -0.3 is 14.8 Å². The third kappa shape index (κ3) is 7.64. The first kappa shape index (κ1) is 17.2. The third-order valence-corrected chi connectivity index (χ3v) is 2.31. The molecule has 6 heteroatoms. The van der Waals surface area contributed by atoms with Gasteiger partial charge in [-0.3, -0.25) is 4.79 Å². The van der Waals surface area contributed by atoms with Crippen LogP contribution < -0.4 is 5.32 Å². The SMILES string of the molecule is CCOC(=O)CNC(=O)OC(=O)C=C/C=C/c1ccccc1. The number of nitrogens with one attached hydrogen (secondary N) is 1. The highest BCUT2D eigenvalue weighted by molar-refractivity contribution is 5.92. The number of amides is 1. The number of carbonyl (C=O) groups excluding carboxylic acids is 3. The number of carbonyl (C=O) groups is 3. The largest absolute Gasteiger partial charge is 0.465 e. The highest BCUT2D eigenvalue weighted by Gasteiger charge is 2.09. The molecule has 1 N–H and O–H groups in total. The van der Waals surface area contributed by atoms with E-state index in [0.717, 1.165) is 11.6 Å². The van der Waals surface area contributed by atoms with Gasteiger partial charge in [-0.05, 0) is 12.5 Å². The Balaban J connectivity index is 2.30. The van der Waals surface area contributed by atoms with E-state index in [1.54, 1.807) is 19.1 Å². The van der Waals surface area contributed by atoms with Gasteiger partial charge >= 0.3 is 18.0 Å². The number of allylic oxidation sites excluding steroid dienone is 2. The topological polar surface area (TPSA) is 81.7 Å². The van der Waals surface area contributed by atoms with Gasteiger partial charge in [-0.1, -0.05) is 48.6 Å². The van der Waals surface area contributed by atoms with Crippen molar-refractivity contribution in [1.29, 1.82) is 0 Å². The van der Waals surface area contributed by atoms with Crippen molar-refractivity contribution in [2.24, 2.45) is 0 Å². The van der Waals surface area contributed by atoms with Gasteiger partial charge in [0.2, 0.25) is 0 Å². The molecule has 0 aliphatic heterocycles. The summed E-state index contributed by atoms with van der Waals surface area (Å²) < 4.78 is 9.02. The summed E-state index contributed by atoms with van der Waals surface area (Å²) in [6, 6.07) is 9.51. The molecule has 1 amide bonds. The Morgan fingerprint density at radius 1 is 1.14 bits per heavy atom. The first-order valence-electron chi connectivity index (χ1n) is 6.67. The summed E-state index contributed by atoms with van der Waals surface area (Å²) in [6.45, 7) is 1.51. The molecule has 0 aliphatic rings. The van der Waals surface area contributed by atoms with Crippen molar-refractivity contribution >= 4 is 24.1 Å². The molecule has 0 spiro atoms. The highest BCUT2D eigenvalue weighted by atomic mass is 16.6. The number of alkyl carbamates (subject to hydrolysis) is 1. The Labute approximate surface area is 128 Å². The summed E-state index contributed by atoms with van der Waals surface area (Å²) in [5.74, 6) is -1.44. The van der Waals surface area contributed by atoms with E-state index in [4.69, 9.17) is 0 Å². The van der Waals surface area contributed by atoms with E-state index in [1.165, 1.54) is 6.08 Å². The van der Waals surface area contributed by atoms with Gasteiger partial charge in [0.1, 0.15) is 6.54 Å². The van der Waals surface area contributed by atoms with Crippen LogP contribution in [0.15, 0.2) is 48.6 Å². The fraction of sp³-hybridized carbons (Fsp3) is 0.188. The van der Waals surface area contributed by atoms with Crippen LogP contribution in [0.2, 0.25) is 0 Å². The number of benzene rings is 1. The van der Waals surface area contributed by atoms with Crippen LogP contribution in [0.3, 0.4) is 0 Å². The van der Waals surface area contributed by atoms with E-state index in [-0.39, 0.29) is 13.2 Å². The Kier molecular flexibility index (Phi) is 7.74. The molecule has 0 aromatic heterocycles. The lowest BCUT2D eigenvalue weighted by molar-refractivity contribution is -0.142. The van der Waals surface area contributed by atoms with Crippen molar-refractivity contribution in [2.75, 3.05) is 13.2 Å². The number of esters is 2. The van der Waals surface area contributed by atoms with Gasteiger partial charge in [0, 0.05) is 6.08 Å². The lowest BCUT2D eigenvalue weighted by Gasteiger charge is -2.03. The third-order valence-electron chi connectivity index (χ3n) is 2.31. The highest BCUT2D eigenvalue weighted by Crippen LogP contribution is 2.00. The summed E-state index contributed by atoms with van der Waals surface area (Å²) in [7, 11) is 0. The monoisotopic (exact) mass is 303 g/mol. The standard InChI is InChI=1S/C16H17NO5/c1-2-21-15(19)12-17-16(20)22-14(18)11-7-6-10-13-8-4-3-5-9-13/h3-11H,2,12H2,1H3,(H,17,20)/b10-6+,11-7?. The van der Waals surface area contributed by atoms with Crippen LogP contribution >= 0.6 is 0 Å². The maximum Gasteiger partial charge on any atom is 0.415 e. The maximum absolute atomic E-state index is 11.3. The minimum atomic E-state index is -1.00. The molecule has 1 aromatic carbocycles. The Bertz CT molecular complexity index is 563. The average Bonchev–Trinajstić information content (AvgIpc) is 2.51. The summed E-state index contributed by atoms with van der Waals surface area (Å²) >= 11 is 0. The molecule has 0 bridgehead atoms. The number of hydrogen-bond donors (Lipinski definition) is 1. The predicted octanol–water partition coefficient (Wildman–Crippen LogP) is 2.07. The molecular formula is C16H17NO5. The first-order valence-corrected chi connectivity index (χ1v) is 6.67. The first-order chi connectivity index (χ1) is 10.6. The molecule has 0 saturated carbocycles. The predicted molar refractivity (Wildman–Crippen MR) is 80.7 cm³/mol. The van der Waals surface area contributed by atoms with E-state index in [1.807, 2.05) is 30.3 Å². The van der Waals surface area contributed by atoms with Crippen molar-refractivity contribution in [2.45, 2.75) is 6.92 Å². The molecule has 0 radical (unpaired) electrons. The minimum absolute atomic E-state index is 0.213. The van der Waals surface area contributed by atoms with Crippen molar-refractivity contribution in [3.63, 3.8) is 0 Å². The molecular weight excluding hydrogens is 286 g/mol. The van der Waals surface area contributed by atoms with Crippen molar-refractivity contribution in [3.8, 4) is 0 Å². The van der Waals surface area contributed by atoms with Crippen LogP contribution in [0, 0.1) is 0 Å². The van der Waals surface area contributed by atoms with Crippen LogP contribution in [0.4, 0.5) is 4.79 Å². The molecule has 0 atom stereocenters. The van der Waals surface area contributed by atoms with Crippen LogP contribution in [0.1, 0.15) is 12.5 Å².